The van der Waals surface area contributed by atoms with Gasteiger partial charge in [0.25, 0.3) is 5.91 Å². The quantitative estimate of drug-likeness (QED) is 0.543. The molecule has 1 N–H and O–H groups in total. The molecule has 0 atom stereocenters. The molecule has 1 fully saturated rings. The third-order valence-corrected chi connectivity index (χ3v) is 8.16. The molecule has 0 radical (unpaired) electrons. The minimum Gasteiger partial charge on any atom is -0.496 e. The summed E-state index contributed by atoms with van der Waals surface area (Å²) in [5, 5.41) is 3.40. The zero-order chi connectivity index (χ0) is 25.4. The van der Waals surface area contributed by atoms with Gasteiger partial charge in [-0.05, 0) is 55.7 Å². The highest BCUT2D eigenvalue weighted by Gasteiger charge is 2.28. The van der Waals surface area contributed by atoms with Crippen LogP contribution in [0.15, 0.2) is 47.4 Å². The summed E-state index contributed by atoms with van der Waals surface area (Å²) in [4.78, 5) is 27.3. The van der Waals surface area contributed by atoms with Crippen molar-refractivity contribution in [3.63, 3.8) is 0 Å². The van der Waals surface area contributed by atoms with Crippen LogP contribution in [-0.4, -0.2) is 62.7 Å². The van der Waals surface area contributed by atoms with E-state index in [0.29, 0.717) is 24.7 Å². The third kappa shape index (κ3) is 6.96. The number of carbonyl (C=O) groups excluding carboxylic acids is 2. The Morgan fingerprint density at radius 1 is 1.06 bits per heavy atom. The number of sulfonamides is 1. The van der Waals surface area contributed by atoms with Crippen molar-refractivity contribution in [1.29, 1.82) is 0 Å². The SMILES string of the molecule is CCN(CC(=O)NCc1ccc(Cl)cc1)C(=O)c1cc(S(=O)(=O)N2CCCCCC2)ccc1OC. The number of methoxy groups -OCH3 is 1. The molecule has 0 unspecified atom stereocenters. The van der Waals surface area contributed by atoms with Gasteiger partial charge in [-0.25, -0.2) is 8.42 Å². The van der Waals surface area contributed by atoms with Crippen LogP contribution in [-0.2, 0) is 21.4 Å². The van der Waals surface area contributed by atoms with Gasteiger partial charge in [0.15, 0.2) is 0 Å². The second-order valence-electron chi connectivity index (χ2n) is 8.40. The predicted molar refractivity (Wildman–Crippen MR) is 135 cm³/mol. The maximum absolute atomic E-state index is 13.4. The molecule has 35 heavy (non-hydrogen) atoms. The fraction of sp³-hybridized carbons (Fsp3) is 0.440. The van der Waals surface area contributed by atoms with Gasteiger partial charge in [0.2, 0.25) is 15.9 Å². The van der Waals surface area contributed by atoms with Gasteiger partial charge in [-0.2, -0.15) is 4.31 Å². The van der Waals surface area contributed by atoms with Gasteiger partial charge >= 0.3 is 0 Å². The third-order valence-electron chi connectivity index (χ3n) is 6.01. The molecule has 1 aliphatic heterocycles. The van der Waals surface area contributed by atoms with Gasteiger partial charge in [0.1, 0.15) is 5.75 Å². The minimum absolute atomic E-state index is 0.0480. The van der Waals surface area contributed by atoms with Gasteiger partial charge in [0.05, 0.1) is 24.1 Å². The average Bonchev–Trinajstić information content (AvgIpc) is 3.16. The van der Waals surface area contributed by atoms with Gasteiger partial charge in [-0.15, -0.1) is 0 Å². The molecule has 1 aliphatic rings. The summed E-state index contributed by atoms with van der Waals surface area (Å²) in [5.74, 6) is -0.550. The van der Waals surface area contributed by atoms with Crippen LogP contribution in [0.25, 0.3) is 0 Å². The van der Waals surface area contributed by atoms with E-state index < -0.39 is 15.9 Å². The number of ether oxygens (including phenoxy) is 1. The highest BCUT2D eigenvalue weighted by Crippen LogP contribution is 2.27. The molecule has 2 aromatic rings. The van der Waals surface area contributed by atoms with E-state index in [4.69, 9.17) is 16.3 Å². The second kappa shape index (κ2) is 12.4. The number of hydrogen-bond acceptors (Lipinski definition) is 5. The molecule has 1 heterocycles. The lowest BCUT2D eigenvalue weighted by atomic mass is 10.1. The summed E-state index contributed by atoms with van der Waals surface area (Å²) in [5.41, 5.74) is 0.987. The Bertz CT molecular complexity index is 1130. The lowest BCUT2D eigenvalue weighted by Crippen LogP contribution is -2.40. The topological polar surface area (TPSA) is 96.0 Å². The molecular weight excluding hydrogens is 490 g/mol. The smallest absolute Gasteiger partial charge is 0.258 e. The molecule has 10 heteroatoms. The Balaban J connectivity index is 1.76. The van der Waals surface area contributed by atoms with Crippen molar-refractivity contribution in [2.75, 3.05) is 33.3 Å². The molecular formula is C25H32ClN3O5S. The maximum atomic E-state index is 13.4. The Labute approximate surface area is 212 Å². The summed E-state index contributed by atoms with van der Waals surface area (Å²) >= 11 is 5.89. The second-order valence-corrected chi connectivity index (χ2v) is 10.8. The number of carbonyl (C=O) groups is 2. The van der Waals surface area contributed by atoms with Gasteiger partial charge in [0, 0.05) is 31.2 Å². The van der Waals surface area contributed by atoms with Crippen LogP contribution < -0.4 is 10.1 Å². The first-order valence-corrected chi connectivity index (χ1v) is 13.6. The van der Waals surface area contributed by atoms with E-state index in [2.05, 4.69) is 5.32 Å². The first-order chi connectivity index (χ1) is 16.8. The van der Waals surface area contributed by atoms with Crippen molar-refractivity contribution in [2.24, 2.45) is 0 Å². The van der Waals surface area contributed by atoms with Crippen molar-refractivity contribution in [2.45, 2.75) is 44.0 Å². The molecule has 0 saturated carbocycles. The number of hydrogen-bond donors (Lipinski definition) is 1. The zero-order valence-corrected chi connectivity index (χ0v) is 21.7. The molecule has 2 aromatic carbocycles. The number of amides is 2. The monoisotopic (exact) mass is 521 g/mol. The van der Waals surface area contributed by atoms with Crippen LogP contribution in [0.1, 0.15) is 48.5 Å². The van der Waals surface area contributed by atoms with Crippen molar-refractivity contribution >= 4 is 33.4 Å². The fourth-order valence-corrected chi connectivity index (χ4v) is 5.65. The van der Waals surface area contributed by atoms with Crippen molar-refractivity contribution < 1.29 is 22.7 Å². The summed E-state index contributed by atoms with van der Waals surface area (Å²) in [7, 11) is -2.33. The van der Waals surface area contributed by atoms with E-state index in [1.165, 1.54) is 34.5 Å². The number of nitrogens with one attached hydrogen (secondary N) is 1. The standard InChI is InChI=1S/C25H32ClN3O5S/c1-3-28(18-24(30)27-17-19-8-10-20(26)11-9-19)25(31)22-16-21(12-13-23(22)34-2)35(32,33)29-14-6-4-5-7-15-29/h8-13,16H,3-7,14-15,17-18H2,1-2H3,(H,27,30). The summed E-state index contributed by atoms with van der Waals surface area (Å²) < 4.78 is 33.4. The predicted octanol–water partition coefficient (Wildman–Crippen LogP) is 3.69. The lowest BCUT2D eigenvalue weighted by Gasteiger charge is -2.23. The van der Waals surface area contributed by atoms with Gasteiger partial charge in [-0.3, -0.25) is 9.59 Å². The van der Waals surface area contributed by atoms with Crippen LogP contribution in [0, 0.1) is 0 Å². The van der Waals surface area contributed by atoms with E-state index in [0.717, 1.165) is 31.2 Å². The zero-order valence-electron chi connectivity index (χ0n) is 20.1. The van der Waals surface area contributed by atoms with Gasteiger partial charge in [-0.1, -0.05) is 36.6 Å². The molecule has 1 saturated heterocycles. The number of likely N-dealkylation sites (N-methyl/N-ethyl adjacent to an activating group) is 1. The number of nitrogens with zero attached hydrogens (tertiary/aromatic N) is 2. The molecule has 0 aliphatic carbocycles. The number of benzene rings is 2. The normalized spacial score (nSPS) is 14.7. The molecule has 190 valence electrons. The van der Waals surface area contributed by atoms with Crippen LogP contribution >= 0.6 is 11.6 Å². The highest BCUT2D eigenvalue weighted by atomic mass is 35.5. The first-order valence-electron chi connectivity index (χ1n) is 11.7. The summed E-state index contributed by atoms with van der Waals surface area (Å²) in [6.07, 6.45) is 3.64. The van der Waals surface area contributed by atoms with Crippen LogP contribution in [0.2, 0.25) is 5.02 Å². The Hall–Kier alpha value is -2.62. The molecule has 0 bridgehead atoms. The van der Waals surface area contributed by atoms with Crippen LogP contribution in [0.5, 0.6) is 5.75 Å². The Morgan fingerprint density at radius 3 is 2.31 bits per heavy atom. The van der Waals surface area contributed by atoms with Crippen molar-refractivity contribution in [1.82, 2.24) is 14.5 Å². The minimum atomic E-state index is -3.75. The summed E-state index contributed by atoms with van der Waals surface area (Å²) in [6.45, 7) is 3.08. The van der Waals surface area contributed by atoms with E-state index in [9.17, 15) is 18.0 Å². The van der Waals surface area contributed by atoms with Gasteiger partial charge < -0.3 is 15.0 Å². The lowest BCUT2D eigenvalue weighted by molar-refractivity contribution is -0.121. The molecule has 2 amide bonds. The number of halogens is 1. The van der Waals surface area contributed by atoms with E-state index in [1.807, 2.05) is 12.1 Å². The molecule has 8 nitrogen and oxygen atoms in total. The average molecular weight is 522 g/mol. The van der Waals surface area contributed by atoms with E-state index in [1.54, 1.807) is 19.1 Å². The Morgan fingerprint density at radius 2 is 1.71 bits per heavy atom. The van der Waals surface area contributed by atoms with Crippen LogP contribution in [0.4, 0.5) is 0 Å². The van der Waals surface area contributed by atoms with Crippen molar-refractivity contribution in [3.8, 4) is 5.75 Å². The largest absolute Gasteiger partial charge is 0.496 e. The van der Waals surface area contributed by atoms with E-state index >= 15 is 0 Å². The van der Waals surface area contributed by atoms with Crippen molar-refractivity contribution in [3.05, 3.63) is 58.6 Å². The Kier molecular flexibility index (Phi) is 9.54. The first kappa shape index (κ1) is 27.0. The highest BCUT2D eigenvalue weighted by molar-refractivity contribution is 7.89. The molecule has 0 spiro atoms. The maximum Gasteiger partial charge on any atom is 0.258 e. The van der Waals surface area contributed by atoms with Crippen LogP contribution in [0.3, 0.4) is 0 Å². The number of rotatable bonds is 9. The van der Waals surface area contributed by atoms with E-state index in [-0.39, 0.29) is 35.2 Å². The summed E-state index contributed by atoms with van der Waals surface area (Å²) in [6, 6.07) is 11.4. The fourth-order valence-electron chi connectivity index (χ4n) is 3.98. The molecule has 3 rings (SSSR count). The molecule has 0 aromatic heterocycles.